The van der Waals surface area contributed by atoms with E-state index in [9.17, 15) is 4.79 Å². The van der Waals surface area contributed by atoms with E-state index in [1.165, 1.54) is 0 Å². The Morgan fingerprint density at radius 1 is 1.13 bits per heavy atom. The average Bonchev–Trinajstić information content (AvgIpc) is 3.52. The zero-order valence-corrected chi connectivity index (χ0v) is 18.4. The summed E-state index contributed by atoms with van der Waals surface area (Å²) < 4.78 is 12.9. The smallest absolute Gasteiger partial charge is 0.231 e. The number of anilines is 1. The molecule has 1 amide bonds. The van der Waals surface area contributed by atoms with Gasteiger partial charge in [-0.2, -0.15) is 0 Å². The topological polar surface area (TPSA) is 81.5 Å². The summed E-state index contributed by atoms with van der Waals surface area (Å²) in [4.78, 5) is 15.0. The SMILES string of the molecule is Cc1ccc(C)n1-c1nnc(N2CCC[C@@H](C(=O)NCc3ccc4c(c3)OCO4)C2)s1. The molecule has 1 saturated heterocycles. The van der Waals surface area contributed by atoms with Crippen molar-refractivity contribution in [3.63, 3.8) is 0 Å². The summed E-state index contributed by atoms with van der Waals surface area (Å²) in [6, 6.07) is 9.92. The molecule has 2 aromatic heterocycles. The first-order valence-electron chi connectivity index (χ1n) is 10.5. The van der Waals surface area contributed by atoms with E-state index < -0.39 is 0 Å². The third-order valence-corrected chi connectivity index (χ3v) is 6.80. The van der Waals surface area contributed by atoms with Gasteiger partial charge in [-0.3, -0.25) is 9.36 Å². The van der Waals surface area contributed by atoms with E-state index in [1.54, 1.807) is 11.3 Å². The lowest BCUT2D eigenvalue weighted by molar-refractivity contribution is -0.125. The first-order chi connectivity index (χ1) is 15.1. The lowest BCUT2D eigenvalue weighted by atomic mass is 9.97. The number of nitrogens with one attached hydrogen (secondary N) is 1. The summed E-state index contributed by atoms with van der Waals surface area (Å²) in [5, 5.41) is 13.6. The molecule has 9 heteroatoms. The van der Waals surface area contributed by atoms with Crippen LogP contribution in [-0.4, -0.2) is 40.6 Å². The van der Waals surface area contributed by atoms with E-state index in [0.29, 0.717) is 13.1 Å². The van der Waals surface area contributed by atoms with E-state index >= 15 is 0 Å². The third kappa shape index (κ3) is 3.97. The quantitative estimate of drug-likeness (QED) is 0.658. The molecule has 0 bridgehead atoms. The van der Waals surface area contributed by atoms with E-state index in [-0.39, 0.29) is 18.6 Å². The van der Waals surface area contributed by atoms with Crippen LogP contribution in [-0.2, 0) is 11.3 Å². The zero-order chi connectivity index (χ0) is 21.4. The van der Waals surface area contributed by atoms with Crippen LogP contribution in [0.1, 0.15) is 29.8 Å². The number of fused-ring (bicyclic) bond motifs is 1. The normalized spacial score (nSPS) is 17.7. The lowest BCUT2D eigenvalue weighted by Crippen LogP contribution is -2.43. The Morgan fingerprint density at radius 3 is 2.74 bits per heavy atom. The Bertz CT molecular complexity index is 1090. The Balaban J connectivity index is 1.22. The van der Waals surface area contributed by atoms with Crippen molar-refractivity contribution in [2.45, 2.75) is 33.2 Å². The van der Waals surface area contributed by atoms with Gasteiger partial charge < -0.3 is 19.7 Å². The van der Waals surface area contributed by atoms with E-state index in [1.807, 2.05) is 18.2 Å². The van der Waals surface area contributed by atoms with Gasteiger partial charge in [-0.15, -0.1) is 10.2 Å². The average molecular weight is 440 g/mol. The van der Waals surface area contributed by atoms with Gasteiger partial charge in [-0.25, -0.2) is 0 Å². The second kappa shape index (κ2) is 8.22. The van der Waals surface area contributed by atoms with Crippen LogP contribution in [0.4, 0.5) is 5.13 Å². The van der Waals surface area contributed by atoms with Crippen molar-refractivity contribution in [1.82, 2.24) is 20.1 Å². The van der Waals surface area contributed by atoms with Gasteiger partial charge in [0.05, 0.1) is 5.92 Å². The van der Waals surface area contributed by atoms with Gasteiger partial charge in [0.25, 0.3) is 0 Å². The number of piperidine rings is 1. The number of aromatic nitrogens is 3. The predicted molar refractivity (Wildman–Crippen MR) is 118 cm³/mol. The van der Waals surface area contributed by atoms with Crippen molar-refractivity contribution in [3.05, 3.63) is 47.3 Å². The molecule has 8 nitrogen and oxygen atoms in total. The Hall–Kier alpha value is -3.07. The molecule has 4 heterocycles. The summed E-state index contributed by atoms with van der Waals surface area (Å²) in [5.74, 6) is 1.49. The monoisotopic (exact) mass is 439 g/mol. The Kier molecular flexibility index (Phi) is 5.27. The van der Waals surface area contributed by atoms with Gasteiger partial charge in [0.2, 0.25) is 23.0 Å². The molecule has 162 valence electrons. The van der Waals surface area contributed by atoms with Crippen LogP contribution >= 0.6 is 11.3 Å². The van der Waals surface area contributed by atoms with Gasteiger partial charge in [0, 0.05) is 31.0 Å². The van der Waals surface area contributed by atoms with E-state index in [0.717, 1.165) is 58.1 Å². The van der Waals surface area contributed by atoms with E-state index in [2.05, 4.69) is 51.0 Å². The highest BCUT2D eigenvalue weighted by atomic mass is 32.1. The van der Waals surface area contributed by atoms with Crippen LogP contribution in [0.25, 0.3) is 5.13 Å². The first kappa shape index (κ1) is 19.9. The molecular weight excluding hydrogens is 414 g/mol. The second-order valence-corrected chi connectivity index (χ2v) is 8.94. The summed E-state index contributed by atoms with van der Waals surface area (Å²) in [5.41, 5.74) is 3.27. The van der Waals surface area contributed by atoms with Crippen molar-refractivity contribution < 1.29 is 14.3 Å². The molecule has 0 unspecified atom stereocenters. The molecule has 0 spiro atoms. The number of hydrogen-bond donors (Lipinski definition) is 1. The van der Waals surface area contributed by atoms with Gasteiger partial charge in [-0.05, 0) is 56.5 Å². The van der Waals surface area contributed by atoms with Crippen molar-refractivity contribution in [2.75, 3.05) is 24.8 Å². The van der Waals surface area contributed by atoms with Crippen LogP contribution in [0.15, 0.2) is 30.3 Å². The summed E-state index contributed by atoms with van der Waals surface area (Å²) in [6.45, 7) is 6.40. The molecule has 31 heavy (non-hydrogen) atoms. The lowest BCUT2D eigenvalue weighted by Gasteiger charge is -2.31. The van der Waals surface area contributed by atoms with Gasteiger partial charge in [-0.1, -0.05) is 17.4 Å². The second-order valence-electron chi connectivity index (χ2n) is 8.01. The first-order valence-corrected chi connectivity index (χ1v) is 11.3. The van der Waals surface area contributed by atoms with Crippen LogP contribution in [0, 0.1) is 19.8 Å². The molecule has 3 aromatic rings. The largest absolute Gasteiger partial charge is 0.454 e. The number of aryl methyl sites for hydroxylation is 2. The minimum Gasteiger partial charge on any atom is -0.454 e. The number of amides is 1. The molecule has 0 saturated carbocycles. The molecule has 5 rings (SSSR count). The fourth-order valence-corrected chi connectivity index (χ4v) is 5.15. The summed E-state index contributed by atoms with van der Waals surface area (Å²) in [7, 11) is 0. The predicted octanol–water partition coefficient (Wildman–Crippen LogP) is 3.21. The summed E-state index contributed by atoms with van der Waals surface area (Å²) in [6.07, 6.45) is 1.84. The highest BCUT2D eigenvalue weighted by molar-refractivity contribution is 7.17. The minimum absolute atomic E-state index is 0.0647. The number of benzene rings is 1. The van der Waals surface area contributed by atoms with E-state index in [4.69, 9.17) is 9.47 Å². The van der Waals surface area contributed by atoms with Crippen molar-refractivity contribution in [3.8, 4) is 16.6 Å². The fraction of sp³-hybridized carbons (Fsp3) is 0.409. The molecule has 1 atom stereocenters. The van der Waals surface area contributed by atoms with Crippen molar-refractivity contribution >= 4 is 22.4 Å². The van der Waals surface area contributed by atoms with Crippen LogP contribution < -0.4 is 19.7 Å². The van der Waals surface area contributed by atoms with Crippen molar-refractivity contribution in [1.29, 1.82) is 0 Å². The molecule has 1 aromatic carbocycles. The summed E-state index contributed by atoms with van der Waals surface area (Å²) >= 11 is 1.57. The third-order valence-electron chi connectivity index (χ3n) is 5.83. The van der Waals surface area contributed by atoms with Gasteiger partial charge in [0.15, 0.2) is 11.5 Å². The molecule has 0 aliphatic carbocycles. The molecule has 1 N–H and O–H groups in total. The van der Waals surface area contributed by atoms with Crippen LogP contribution in [0.5, 0.6) is 11.5 Å². The number of carbonyl (C=O) groups is 1. The molecule has 1 fully saturated rings. The minimum atomic E-state index is -0.0647. The number of carbonyl (C=O) groups excluding carboxylic acids is 1. The Morgan fingerprint density at radius 2 is 1.90 bits per heavy atom. The highest BCUT2D eigenvalue weighted by Crippen LogP contribution is 2.33. The number of ether oxygens (including phenoxy) is 2. The molecule has 2 aliphatic heterocycles. The van der Waals surface area contributed by atoms with Gasteiger partial charge >= 0.3 is 0 Å². The highest BCUT2D eigenvalue weighted by Gasteiger charge is 2.28. The maximum absolute atomic E-state index is 12.8. The number of nitrogens with zero attached hydrogens (tertiary/aromatic N) is 4. The maximum Gasteiger partial charge on any atom is 0.231 e. The van der Waals surface area contributed by atoms with Crippen molar-refractivity contribution in [2.24, 2.45) is 5.92 Å². The molecule has 2 aliphatic rings. The number of rotatable bonds is 5. The molecule has 0 radical (unpaired) electrons. The standard InChI is InChI=1S/C22H25N5O3S/c1-14-5-6-15(2)27(14)22-25-24-21(31-22)26-9-3-4-17(12-26)20(28)23-11-16-7-8-18-19(10-16)30-13-29-18/h5-8,10,17H,3-4,9,11-13H2,1-2H3,(H,23,28)/t17-/m1/s1. The fourth-order valence-electron chi connectivity index (χ4n) is 4.15. The Labute approximate surface area is 184 Å². The van der Waals surface area contributed by atoms with Crippen LogP contribution in [0.3, 0.4) is 0 Å². The number of hydrogen-bond acceptors (Lipinski definition) is 7. The van der Waals surface area contributed by atoms with Gasteiger partial charge in [0.1, 0.15) is 0 Å². The van der Waals surface area contributed by atoms with Crippen LogP contribution in [0.2, 0.25) is 0 Å². The maximum atomic E-state index is 12.8. The zero-order valence-electron chi connectivity index (χ0n) is 17.6. The molecular formula is C22H25N5O3S.